The summed E-state index contributed by atoms with van der Waals surface area (Å²) in [4.78, 5) is 4.64. The van der Waals surface area contributed by atoms with Gasteiger partial charge in [-0.05, 0) is 28.8 Å². The van der Waals surface area contributed by atoms with Gasteiger partial charge in [0.05, 0.1) is 5.52 Å². The zero-order valence-corrected chi connectivity index (χ0v) is 12.1. The molecule has 0 aliphatic rings. The van der Waals surface area contributed by atoms with Crippen molar-refractivity contribution in [1.29, 1.82) is 0 Å². The maximum absolute atomic E-state index is 4.64. The molecule has 4 rings (SSSR count). The topological polar surface area (TPSA) is 12.9 Å². The first kappa shape index (κ1) is 12.8. The summed E-state index contributed by atoms with van der Waals surface area (Å²) in [5, 5.41) is 1.17. The Morgan fingerprint density at radius 3 is 1.82 bits per heavy atom. The summed E-state index contributed by atoms with van der Waals surface area (Å²) in [6.07, 6.45) is 1.95. The van der Waals surface area contributed by atoms with Crippen LogP contribution in [0.5, 0.6) is 0 Å². The van der Waals surface area contributed by atoms with Crippen molar-refractivity contribution in [2.24, 2.45) is 0 Å². The van der Waals surface area contributed by atoms with Crippen LogP contribution in [0.15, 0.2) is 91.1 Å². The third kappa shape index (κ3) is 2.38. The molecule has 1 heteroatoms. The number of hydrogen-bond donors (Lipinski definition) is 0. The Kier molecular flexibility index (Phi) is 3.17. The summed E-state index contributed by atoms with van der Waals surface area (Å²) in [7, 11) is 0. The number of benzene rings is 3. The van der Waals surface area contributed by atoms with E-state index in [-0.39, 0.29) is 0 Å². The largest absolute Gasteiger partial charge is 0.256 e. The van der Waals surface area contributed by atoms with Gasteiger partial charge in [0.25, 0.3) is 0 Å². The van der Waals surface area contributed by atoms with Crippen LogP contribution in [0.25, 0.3) is 33.2 Å². The van der Waals surface area contributed by atoms with E-state index < -0.39 is 0 Å². The molecule has 0 bridgehead atoms. The average Bonchev–Trinajstić information content (AvgIpc) is 2.62. The quantitative estimate of drug-likeness (QED) is 0.468. The van der Waals surface area contributed by atoms with Crippen LogP contribution in [0.2, 0.25) is 0 Å². The molecule has 0 N–H and O–H groups in total. The predicted molar refractivity (Wildman–Crippen MR) is 92.6 cm³/mol. The standard InChI is InChI=1S/C21H15N/c1-3-7-16(8-4-1)18-11-12-19-13-20(15-22-21(19)14-18)17-9-5-2-6-10-17/h1-15H. The van der Waals surface area contributed by atoms with E-state index in [1.54, 1.807) is 0 Å². The molecule has 0 spiro atoms. The van der Waals surface area contributed by atoms with Crippen LogP contribution in [-0.4, -0.2) is 4.98 Å². The third-order valence-corrected chi connectivity index (χ3v) is 3.90. The van der Waals surface area contributed by atoms with E-state index in [0.717, 1.165) is 11.1 Å². The van der Waals surface area contributed by atoms with Crippen LogP contribution >= 0.6 is 0 Å². The first-order valence-corrected chi connectivity index (χ1v) is 7.41. The van der Waals surface area contributed by atoms with Crippen molar-refractivity contribution in [3.05, 3.63) is 91.1 Å². The smallest absolute Gasteiger partial charge is 0.0708 e. The van der Waals surface area contributed by atoms with Crippen LogP contribution in [0.4, 0.5) is 0 Å². The minimum atomic E-state index is 1.03. The molecule has 0 amide bonds. The summed E-state index contributed by atoms with van der Waals surface area (Å²) < 4.78 is 0. The van der Waals surface area contributed by atoms with Crippen molar-refractivity contribution in [1.82, 2.24) is 4.98 Å². The van der Waals surface area contributed by atoms with Crippen molar-refractivity contribution in [3.63, 3.8) is 0 Å². The number of pyridine rings is 1. The normalized spacial score (nSPS) is 10.7. The second-order valence-corrected chi connectivity index (χ2v) is 5.36. The van der Waals surface area contributed by atoms with Gasteiger partial charge in [-0.15, -0.1) is 0 Å². The summed E-state index contributed by atoms with van der Waals surface area (Å²) >= 11 is 0. The fourth-order valence-electron chi connectivity index (χ4n) is 2.72. The highest BCUT2D eigenvalue weighted by molar-refractivity contribution is 5.87. The lowest BCUT2D eigenvalue weighted by Crippen LogP contribution is -1.84. The van der Waals surface area contributed by atoms with E-state index in [2.05, 4.69) is 77.8 Å². The van der Waals surface area contributed by atoms with Gasteiger partial charge >= 0.3 is 0 Å². The summed E-state index contributed by atoms with van der Waals surface area (Å²) in [6, 6.07) is 29.4. The molecule has 0 radical (unpaired) electrons. The molecule has 22 heavy (non-hydrogen) atoms. The van der Waals surface area contributed by atoms with Gasteiger partial charge in [0.1, 0.15) is 0 Å². The Hall–Kier alpha value is -2.93. The minimum absolute atomic E-state index is 1.03. The zero-order valence-electron chi connectivity index (χ0n) is 12.1. The van der Waals surface area contributed by atoms with E-state index in [1.165, 1.54) is 22.1 Å². The Bertz CT molecular complexity index is 833. The number of rotatable bonds is 2. The SMILES string of the molecule is c1ccc(-c2cnc3cc(-c4ccccc4)ccc3c2)cc1. The first-order chi connectivity index (χ1) is 10.9. The van der Waals surface area contributed by atoms with Crippen LogP contribution in [0.1, 0.15) is 0 Å². The molecule has 3 aromatic carbocycles. The lowest BCUT2D eigenvalue weighted by Gasteiger charge is -2.06. The van der Waals surface area contributed by atoms with Gasteiger partial charge in [0, 0.05) is 17.1 Å². The monoisotopic (exact) mass is 281 g/mol. The van der Waals surface area contributed by atoms with E-state index in [1.807, 2.05) is 18.3 Å². The summed E-state index contributed by atoms with van der Waals surface area (Å²) in [5.74, 6) is 0. The first-order valence-electron chi connectivity index (χ1n) is 7.41. The van der Waals surface area contributed by atoms with Gasteiger partial charge in [-0.1, -0.05) is 72.8 Å². The number of fused-ring (bicyclic) bond motifs is 1. The fourth-order valence-corrected chi connectivity index (χ4v) is 2.72. The van der Waals surface area contributed by atoms with Gasteiger partial charge in [-0.3, -0.25) is 4.98 Å². The molecule has 104 valence electrons. The van der Waals surface area contributed by atoms with Crippen molar-refractivity contribution < 1.29 is 0 Å². The fraction of sp³-hybridized carbons (Fsp3) is 0. The molecule has 1 nitrogen and oxygen atoms in total. The Morgan fingerprint density at radius 1 is 0.500 bits per heavy atom. The molecule has 0 unspecified atom stereocenters. The van der Waals surface area contributed by atoms with Gasteiger partial charge in [-0.25, -0.2) is 0 Å². The molecule has 0 aliphatic heterocycles. The predicted octanol–water partition coefficient (Wildman–Crippen LogP) is 5.57. The Morgan fingerprint density at radius 2 is 1.14 bits per heavy atom. The minimum Gasteiger partial charge on any atom is -0.256 e. The molecule has 1 heterocycles. The number of hydrogen-bond acceptors (Lipinski definition) is 1. The van der Waals surface area contributed by atoms with Crippen LogP contribution < -0.4 is 0 Å². The van der Waals surface area contributed by atoms with Gasteiger partial charge < -0.3 is 0 Å². The lowest BCUT2D eigenvalue weighted by molar-refractivity contribution is 1.41. The molecular formula is C21H15N. The molecule has 0 fully saturated rings. The maximum Gasteiger partial charge on any atom is 0.0708 e. The zero-order chi connectivity index (χ0) is 14.8. The van der Waals surface area contributed by atoms with Crippen LogP contribution in [0.3, 0.4) is 0 Å². The number of nitrogens with zero attached hydrogens (tertiary/aromatic N) is 1. The van der Waals surface area contributed by atoms with Crippen molar-refractivity contribution in [2.75, 3.05) is 0 Å². The third-order valence-electron chi connectivity index (χ3n) is 3.90. The average molecular weight is 281 g/mol. The van der Waals surface area contributed by atoms with E-state index in [9.17, 15) is 0 Å². The molecule has 0 saturated carbocycles. The highest BCUT2D eigenvalue weighted by atomic mass is 14.6. The highest BCUT2D eigenvalue weighted by Crippen LogP contribution is 2.26. The lowest BCUT2D eigenvalue weighted by atomic mass is 10.0. The van der Waals surface area contributed by atoms with E-state index >= 15 is 0 Å². The van der Waals surface area contributed by atoms with Gasteiger partial charge in [0.2, 0.25) is 0 Å². The second-order valence-electron chi connectivity index (χ2n) is 5.36. The number of aromatic nitrogens is 1. The van der Waals surface area contributed by atoms with Crippen molar-refractivity contribution >= 4 is 10.9 Å². The van der Waals surface area contributed by atoms with E-state index in [0.29, 0.717) is 0 Å². The Balaban J connectivity index is 1.80. The summed E-state index contributed by atoms with van der Waals surface area (Å²) in [6.45, 7) is 0. The molecular weight excluding hydrogens is 266 g/mol. The molecule has 0 aliphatic carbocycles. The van der Waals surface area contributed by atoms with Crippen molar-refractivity contribution in [3.8, 4) is 22.3 Å². The Labute approximate surface area is 129 Å². The molecule has 1 aromatic heterocycles. The maximum atomic E-state index is 4.64. The van der Waals surface area contributed by atoms with Crippen LogP contribution in [0, 0.1) is 0 Å². The van der Waals surface area contributed by atoms with E-state index in [4.69, 9.17) is 0 Å². The van der Waals surface area contributed by atoms with Crippen LogP contribution in [-0.2, 0) is 0 Å². The summed E-state index contributed by atoms with van der Waals surface area (Å²) in [5.41, 5.74) is 5.80. The highest BCUT2D eigenvalue weighted by Gasteiger charge is 2.03. The molecule has 0 saturated heterocycles. The van der Waals surface area contributed by atoms with Gasteiger partial charge in [0.15, 0.2) is 0 Å². The molecule has 4 aromatic rings. The second kappa shape index (κ2) is 5.45. The molecule has 0 atom stereocenters. The van der Waals surface area contributed by atoms with Crippen molar-refractivity contribution in [2.45, 2.75) is 0 Å². The van der Waals surface area contributed by atoms with Gasteiger partial charge in [-0.2, -0.15) is 0 Å².